The van der Waals surface area contributed by atoms with Crippen LogP contribution in [0.4, 0.5) is 0 Å². The van der Waals surface area contributed by atoms with E-state index >= 15 is 0 Å². The van der Waals surface area contributed by atoms with Gasteiger partial charge in [-0.3, -0.25) is 4.68 Å². The number of rotatable bonds is 2. The fourth-order valence-electron chi connectivity index (χ4n) is 1.78. The lowest BCUT2D eigenvalue weighted by atomic mass is 10.1. The molecule has 0 aliphatic rings. The lowest BCUT2D eigenvalue weighted by Gasteiger charge is -2.17. The smallest absolute Gasteiger partial charge is 0.0787 e. The number of fused-ring (bicyclic) bond motifs is 1. The van der Waals surface area contributed by atoms with Gasteiger partial charge in [-0.25, -0.2) is 0 Å². The molecule has 3 heteroatoms. The molecule has 1 aromatic heterocycles. The molecule has 1 N–H and O–H groups in total. The Hall–Kier alpha value is -1.35. The van der Waals surface area contributed by atoms with Crippen LogP contribution in [0.3, 0.4) is 0 Å². The van der Waals surface area contributed by atoms with E-state index < -0.39 is 5.60 Å². The van der Waals surface area contributed by atoms with E-state index in [4.69, 9.17) is 0 Å². The highest BCUT2D eigenvalue weighted by molar-refractivity contribution is 5.81. The summed E-state index contributed by atoms with van der Waals surface area (Å²) >= 11 is 0. The molecule has 0 fully saturated rings. The third kappa shape index (κ3) is 2.02. The summed E-state index contributed by atoms with van der Waals surface area (Å²) in [7, 11) is 0. The van der Waals surface area contributed by atoms with Gasteiger partial charge in [-0.1, -0.05) is 18.2 Å². The maximum atomic E-state index is 9.78. The molecule has 80 valence electrons. The normalized spacial score (nSPS) is 12.3. The molecule has 0 aliphatic heterocycles. The van der Waals surface area contributed by atoms with Crippen LogP contribution >= 0.6 is 0 Å². The molecule has 2 aromatic rings. The van der Waals surface area contributed by atoms with Crippen molar-refractivity contribution in [3.05, 3.63) is 30.0 Å². The Morgan fingerprint density at radius 2 is 2.00 bits per heavy atom. The third-order valence-corrected chi connectivity index (χ3v) is 2.38. The Bertz CT molecular complexity index is 480. The summed E-state index contributed by atoms with van der Waals surface area (Å²) in [5, 5.41) is 15.4. The zero-order valence-electron chi connectivity index (χ0n) is 9.36. The Morgan fingerprint density at radius 1 is 1.33 bits per heavy atom. The van der Waals surface area contributed by atoms with Crippen molar-refractivity contribution >= 4 is 10.9 Å². The summed E-state index contributed by atoms with van der Waals surface area (Å²) in [6.07, 6.45) is 0. The van der Waals surface area contributed by atoms with E-state index in [1.807, 2.05) is 29.8 Å². The summed E-state index contributed by atoms with van der Waals surface area (Å²) in [4.78, 5) is 0. The van der Waals surface area contributed by atoms with Crippen molar-refractivity contribution in [2.75, 3.05) is 0 Å². The first-order valence-electron chi connectivity index (χ1n) is 5.12. The first kappa shape index (κ1) is 10.2. The van der Waals surface area contributed by atoms with E-state index in [1.54, 1.807) is 13.8 Å². The molecular weight excluding hydrogens is 188 g/mol. The maximum Gasteiger partial charge on any atom is 0.0787 e. The molecule has 1 aromatic carbocycles. The molecular formula is C12H16N2O. The summed E-state index contributed by atoms with van der Waals surface area (Å²) in [5.74, 6) is 0. The van der Waals surface area contributed by atoms with Gasteiger partial charge in [0.25, 0.3) is 0 Å². The van der Waals surface area contributed by atoms with E-state index in [0.29, 0.717) is 6.54 Å². The van der Waals surface area contributed by atoms with Gasteiger partial charge in [-0.2, -0.15) is 5.10 Å². The molecule has 2 rings (SSSR count). The number of aryl methyl sites for hydroxylation is 1. The van der Waals surface area contributed by atoms with Crippen LogP contribution in [-0.2, 0) is 6.54 Å². The number of benzene rings is 1. The zero-order valence-corrected chi connectivity index (χ0v) is 9.36. The first-order chi connectivity index (χ1) is 6.97. The minimum Gasteiger partial charge on any atom is -0.389 e. The number of hydrogen-bond donors (Lipinski definition) is 1. The van der Waals surface area contributed by atoms with Crippen molar-refractivity contribution in [3.63, 3.8) is 0 Å². The number of aromatic nitrogens is 2. The number of nitrogens with zero attached hydrogens (tertiary/aromatic N) is 2. The number of hydrogen-bond acceptors (Lipinski definition) is 2. The summed E-state index contributed by atoms with van der Waals surface area (Å²) in [5.41, 5.74) is 1.35. The monoisotopic (exact) mass is 204 g/mol. The van der Waals surface area contributed by atoms with E-state index in [1.165, 1.54) is 0 Å². The van der Waals surface area contributed by atoms with Gasteiger partial charge in [0.15, 0.2) is 0 Å². The average molecular weight is 204 g/mol. The number of aliphatic hydroxyl groups is 1. The van der Waals surface area contributed by atoms with Gasteiger partial charge in [0.05, 0.1) is 23.4 Å². The van der Waals surface area contributed by atoms with Gasteiger partial charge >= 0.3 is 0 Å². The highest BCUT2D eigenvalue weighted by atomic mass is 16.3. The second-order valence-electron chi connectivity index (χ2n) is 4.57. The van der Waals surface area contributed by atoms with Crippen molar-refractivity contribution in [2.45, 2.75) is 32.9 Å². The molecule has 0 bridgehead atoms. The largest absolute Gasteiger partial charge is 0.389 e. The summed E-state index contributed by atoms with van der Waals surface area (Å²) in [6.45, 7) is 6.09. The second-order valence-corrected chi connectivity index (χ2v) is 4.57. The van der Waals surface area contributed by atoms with Gasteiger partial charge in [-0.05, 0) is 26.8 Å². The molecule has 0 atom stereocenters. The predicted molar refractivity (Wildman–Crippen MR) is 60.8 cm³/mol. The van der Waals surface area contributed by atoms with Crippen molar-refractivity contribution in [1.29, 1.82) is 0 Å². The Labute approximate surface area is 89.3 Å². The fraction of sp³-hybridized carbons (Fsp3) is 0.417. The van der Waals surface area contributed by atoms with Crippen LogP contribution in [0.15, 0.2) is 24.3 Å². The van der Waals surface area contributed by atoms with E-state index in [0.717, 1.165) is 16.6 Å². The van der Waals surface area contributed by atoms with Crippen LogP contribution in [0.1, 0.15) is 19.5 Å². The van der Waals surface area contributed by atoms with E-state index in [9.17, 15) is 5.11 Å². The summed E-state index contributed by atoms with van der Waals surface area (Å²) in [6, 6.07) is 8.08. The van der Waals surface area contributed by atoms with Crippen molar-refractivity contribution in [3.8, 4) is 0 Å². The molecule has 0 saturated carbocycles. The molecule has 0 saturated heterocycles. The van der Waals surface area contributed by atoms with E-state index in [2.05, 4.69) is 11.2 Å². The molecule has 0 spiro atoms. The van der Waals surface area contributed by atoms with Crippen LogP contribution in [0.2, 0.25) is 0 Å². The van der Waals surface area contributed by atoms with E-state index in [-0.39, 0.29) is 0 Å². The van der Waals surface area contributed by atoms with Crippen LogP contribution in [-0.4, -0.2) is 20.5 Å². The Balaban J connectivity index is 2.53. The minimum atomic E-state index is -0.735. The van der Waals surface area contributed by atoms with Gasteiger partial charge in [0.2, 0.25) is 0 Å². The quantitative estimate of drug-likeness (QED) is 0.813. The number of para-hydroxylation sites is 1. The van der Waals surface area contributed by atoms with Crippen LogP contribution in [0.5, 0.6) is 0 Å². The molecule has 15 heavy (non-hydrogen) atoms. The average Bonchev–Trinajstić information content (AvgIpc) is 2.42. The topological polar surface area (TPSA) is 38.0 Å². The summed E-state index contributed by atoms with van der Waals surface area (Å²) < 4.78 is 1.87. The molecule has 1 heterocycles. The van der Waals surface area contributed by atoms with Crippen LogP contribution < -0.4 is 0 Å². The molecule has 0 amide bonds. The maximum absolute atomic E-state index is 9.78. The molecule has 0 aliphatic carbocycles. The second kappa shape index (κ2) is 3.35. The third-order valence-electron chi connectivity index (χ3n) is 2.38. The minimum absolute atomic E-state index is 0.515. The first-order valence-corrected chi connectivity index (χ1v) is 5.12. The van der Waals surface area contributed by atoms with Gasteiger partial charge in [0.1, 0.15) is 0 Å². The van der Waals surface area contributed by atoms with Gasteiger partial charge in [0, 0.05) is 5.39 Å². The van der Waals surface area contributed by atoms with Crippen LogP contribution in [0.25, 0.3) is 10.9 Å². The van der Waals surface area contributed by atoms with Crippen molar-refractivity contribution in [1.82, 2.24) is 9.78 Å². The molecule has 3 nitrogen and oxygen atoms in total. The lowest BCUT2D eigenvalue weighted by molar-refractivity contribution is 0.0590. The van der Waals surface area contributed by atoms with Crippen molar-refractivity contribution < 1.29 is 5.11 Å². The SMILES string of the molecule is Cc1nn(CC(C)(C)O)c2ccccc12. The lowest BCUT2D eigenvalue weighted by Crippen LogP contribution is -2.26. The fourth-order valence-corrected chi connectivity index (χ4v) is 1.78. The highest BCUT2D eigenvalue weighted by Gasteiger charge is 2.16. The standard InChI is InChI=1S/C12H16N2O/c1-9-10-6-4-5-7-11(10)14(13-9)8-12(2,3)15/h4-7,15H,8H2,1-3H3. The molecule has 0 unspecified atom stereocenters. The molecule has 0 radical (unpaired) electrons. The Morgan fingerprint density at radius 3 is 2.67 bits per heavy atom. The Kier molecular flexibility index (Phi) is 2.27. The van der Waals surface area contributed by atoms with Crippen molar-refractivity contribution in [2.24, 2.45) is 0 Å². The van der Waals surface area contributed by atoms with Crippen LogP contribution in [0, 0.1) is 6.92 Å². The predicted octanol–water partition coefficient (Wildman–Crippen LogP) is 2.12. The zero-order chi connectivity index (χ0) is 11.1. The van der Waals surface area contributed by atoms with Gasteiger partial charge < -0.3 is 5.11 Å². The highest BCUT2D eigenvalue weighted by Crippen LogP contribution is 2.19. The van der Waals surface area contributed by atoms with Gasteiger partial charge in [-0.15, -0.1) is 0 Å².